The molecule has 0 unspecified atom stereocenters. The average Bonchev–Trinajstić information content (AvgIpc) is 3.48. The fraction of sp³-hybridized carbons (Fsp3) is 0.500. The van der Waals surface area contributed by atoms with Crippen molar-refractivity contribution in [1.29, 1.82) is 0 Å². The van der Waals surface area contributed by atoms with Crippen molar-refractivity contribution < 1.29 is 14.3 Å². The van der Waals surface area contributed by atoms with Crippen LogP contribution in [0.15, 0.2) is 29.4 Å². The van der Waals surface area contributed by atoms with E-state index in [1.54, 1.807) is 24.3 Å². The van der Waals surface area contributed by atoms with Crippen LogP contribution in [0.1, 0.15) is 30.1 Å². The summed E-state index contributed by atoms with van der Waals surface area (Å²) in [5.41, 5.74) is 1.00. The van der Waals surface area contributed by atoms with E-state index in [2.05, 4.69) is 25.7 Å². The van der Waals surface area contributed by atoms with E-state index < -0.39 is 0 Å². The molecule has 2 aromatic rings. The van der Waals surface area contributed by atoms with E-state index in [-0.39, 0.29) is 23.6 Å². The van der Waals surface area contributed by atoms with Crippen LogP contribution in [0.2, 0.25) is 0 Å². The van der Waals surface area contributed by atoms with Gasteiger partial charge in [-0.25, -0.2) is 0 Å². The zero-order valence-corrected chi connectivity index (χ0v) is 17.8. The minimum Gasteiger partial charge on any atom is -0.378 e. The predicted molar refractivity (Wildman–Crippen MR) is 115 cm³/mol. The van der Waals surface area contributed by atoms with E-state index in [1.165, 1.54) is 11.8 Å². The number of anilines is 2. The molecule has 2 heterocycles. The second-order valence-electron chi connectivity index (χ2n) is 7.26. The number of rotatable bonds is 8. The maximum atomic E-state index is 12.6. The molecule has 1 aromatic carbocycles. The maximum absolute atomic E-state index is 12.6. The Kier molecular flexibility index (Phi) is 6.53. The van der Waals surface area contributed by atoms with Crippen LogP contribution in [0.5, 0.6) is 0 Å². The summed E-state index contributed by atoms with van der Waals surface area (Å²) >= 11 is 1.34. The Labute approximate surface area is 179 Å². The smallest absolute Gasteiger partial charge is 0.253 e. The molecule has 1 saturated carbocycles. The van der Waals surface area contributed by atoms with Crippen molar-refractivity contribution in [3.8, 4) is 0 Å². The number of ether oxygens (including phenoxy) is 1. The van der Waals surface area contributed by atoms with Crippen LogP contribution in [-0.2, 0) is 16.1 Å². The zero-order valence-electron chi connectivity index (χ0n) is 17.0. The second kappa shape index (κ2) is 9.48. The lowest BCUT2D eigenvalue weighted by Crippen LogP contribution is -2.38. The zero-order chi connectivity index (χ0) is 20.9. The van der Waals surface area contributed by atoms with Crippen molar-refractivity contribution in [2.75, 3.05) is 42.3 Å². The third kappa shape index (κ3) is 4.93. The van der Waals surface area contributed by atoms with Crippen molar-refractivity contribution in [3.63, 3.8) is 0 Å². The first-order valence-electron chi connectivity index (χ1n) is 10.2. The van der Waals surface area contributed by atoms with Gasteiger partial charge in [-0.2, -0.15) is 0 Å². The molecule has 2 aliphatic rings. The van der Waals surface area contributed by atoms with Gasteiger partial charge in [0.2, 0.25) is 11.9 Å². The fourth-order valence-electron chi connectivity index (χ4n) is 3.26. The number of benzene rings is 1. The summed E-state index contributed by atoms with van der Waals surface area (Å²) in [7, 11) is 0. The van der Waals surface area contributed by atoms with Crippen LogP contribution in [0.3, 0.4) is 0 Å². The molecule has 30 heavy (non-hydrogen) atoms. The molecule has 2 amide bonds. The highest BCUT2D eigenvalue weighted by Gasteiger charge is 2.25. The van der Waals surface area contributed by atoms with E-state index in [0.717, 1.165) is 31.9 Å². The number of nitrogens with zero attached hydrogens (tertiary/aromatic N) is 4. The summed E-state index contributed by atoms with van der Waals surface area (Å²) in [5, 5.41) is 15.1. The largest absolute Gasteiger partial charge is 0.378 e. The minimum atomic E-state index is -0.190. The quantitative estimate of drug-likeness (QED) is 0.616. The predicted octanol–water partition coefficient (Wildman–Crippen LogP) is 1.76. The van der Waals surface area contributed by atoms with Gasteiger partial charge in [0.1, 0.15) is 0 Å². The molecule has 1 aliphatic carbocycles. The average molecular weight is 431 g/mol. The molecule has 1 aliphatic heterocycles. The number of nitrogens with one attached hydrogen (secondary N) is 2. The molecule has 1 aromatic heterocycles. The van der Waals surface area contributed by atoms with Crippen molar-refractivity contribution >= 4 is 35.2 Å². The van der Waals surface area contributed by atoms with Gasteiger partial charge in [-0.1, -0.05) is 23.9 Å². The third-order valence-corrected chi connectivity index (χ3v) is 5.96. The van der Waals surface area contributed by atoms with Crippen molar-refractivity contribution in [3.05, 3.63) is 29.8 Å². The minimum absolute atomic E-state index is 0.151. The second-order valence-corrected chi connectivity index (χ2v) is 8.20. The van der Waals surface area contributed by atoms with Gasteiger partial charge in [0.05, 0.1) is 30.2 Å². The highest BCUT2D eigenvalue weighted by atomic mass is 32.2. The molecule has 0 spiro atoms. The van der Waals surface area contributed by atoms with Gasteiger partial charge >= 0.3 is 0 Å². The highest BCUT2D eigenvalue weighted by molar-refractivity contribution is 7.99. The van der Waals surface area contributed by atoms with E-state index in [1.807, 2.05) is 11.5 Å². The summed E-state index contributed by atoms with van der Waals surface area (Å²) in [4.78, 5) is 27.1. The summed E-state index contributed by atoms with van der Waals surface area (Å²) in [6, 6.07) is 7.33. The molecule has 2 fully saturated rings. The Hall–Kier alpha value is -2.59. The monoisotopic (exact) mass is 430 g/mol. The van der Waals surface area contributed by atoms with E-state index in [9.17, 15) is 9.59 Å². The number of hydrogen-bond donors (Lipinski definition) is 2. The molecular formula is C20H26N6O3S. The number of aromatic nitrogens is 3. The Morgan fingerprint density at radius 1 is 1.20 bits per heavy atom. The number of thioether (sulfide) groups is 1. The summed E-state index contributed by atoms with van der Waals surface area (Å²) < 4.78 is 7.42. The van der Waals surface area contributed by atoms with Crippen LogP contribution in [-0.4, -0.2) is 64.7 Å². The molecule has 0 radical (unpaired) electrons. The normalized spacial score (nSPS) is 16.4. The Bertz CT molecular complexity index is 908. The van der Waals surface area contributed by atoms with Crippen LogP contribution in [0, 0.1) is 0 Å². The van der Waals surface area contributed by atoms with Gasteiger partial charge in [0.15, 0.2) is 5.16 Å². The lowest BCUT2D eigenvalue weighted by Gasteiger charge is -2.27. The first-order valence-corrected chi connectivity index (χ1v) is 11.2. The molecule has 10 heteroatoms. The van der Waals surface area contributed by atoms with E-state index in [4.69, 9.17) is 4.74 Å². The molecule has 2 N–H and O–H groups in total. The lowest BCUT2D eigenvalue weighted by atomic mass is 10.1. The first-order chi connectivity index (χ1) is 14.7. The number of morpholine rings is 1. The SMILES string of the molecule is CCn1c(SCC(=O)Nc2ccccc2C(=O)NC2CC2)nnc1N1CCOCC1. The van der Waals surface area contributed by atoms with Gasteiger partial charge in [0, 0.05) is 25.7 Å². The summed E-state index contributed by atoms with van der Waals surface area (Å²) in [5.74, 6) is 0.651. The number of hydrogen-bond acceptors (Lipinski definition) is 7. The van der Waals surface area contributed by atoms with E-state index >= 15 is 0 Å². The number of carbonyl (C=O) groups is 2. The standard InChI is InChI=1S/C20H26N6O3S/c1-2-26-19(25-9-11-29-12-10-25)23-24-20(26)30-13-17(27)22-16-6-4-3-5-15(16)18(28)21-14-7-8-14/h3-6,14H,2,7-13H2,1H3,(H,21,28)(H,22,27). The van der Waals surface area contributed by atoms with Gasteiger partial charge in [0.25, 0.3) is 5.91 Å². The fourth-order valence-corrected chi connectivity index (χ4v) is 4.06. The van der Waals surface area contributed by atoms with Crippen LogP contribution < -0.4 is 15.5 Å². The van der Waals surface area contributed by atoms with Crippen LogP contribution in [0.25, 0.3) is 0 Å². The first kappa shape index (κ1) is 20.7. The third-order valence-electron chi connectivity index (χ3n) is 5.00. The number of carbonyl (C=O) groups excluding carboxylic acids is 2. The van der Waals surface area contributed by atoms with Gasteiger partial charge < -0.3 is 20.3 Å². The Morgan fingerprint density at radius 2 is 1.97 bits per heavy atom. The molecular weight excluding hydrogens is 404 g/mol. The molecule has 9 nitrogen and oxygen atoms in total. The van der Waals surface area contributed by atoms with Gasteiger partial charge in [-0.3, -0.25) is 14.2 Å². The number of amides is 2. The molecule has 4 rings (SSSR count). The Morgan fingerprint density at radius 3 is 2.70 bits per heavy atom. The summed E-state index contributed by atoms with van der Waals surface area (Å²) in [6.07, 6.45) is 2.03. The van der Waals surface area contributed by atoms with Crippen molar-refractivity contribution in [2.24, 2.45) is 0 Å². The summed E-state index contributed by atoms with van der Waals surface area (Å²) in [6.45, 7) is 5.66. The van der Waals surface area contributed by atoms with Crippen LogP contribution in [0.4, 0.5) is 11.6 Å². The molecule has 0 bridgehead atoms. The number of para-hydroxylation sites is 1. The maximum Gasteiger partial charge on any atom is 0.253 e. The molecule has 1 saturated heterocycles. The van der Waals surface area contributed by atoms with Gasteiger partial charge in [-0.15, -0.1) is 10.2 Å². The van der Waals surface area contributed by atoms with Gasteiger partial charge in [-0.05, 0) is 31.9 Å². The van der Waals surface area contributed by atoms with Crippen molar-refractivity contribution in [2.45, 2.75) is 37.5 Å². The topological polar surface area (TPSA) is 101 Å². The van der Waals surface area contributed by atoms with Crippen LogP contribution >= 0.6 is 11.8 Å². The Balaban J connectivity index is 1.37. The lowest BCUT2D eigenvalue weighted by molar-refractivity contribution is -0.113. The highest BCUT2D eigenvalue weighted by Crippen LogP contribution is 2.24. The molecule has 0 atom stereocenters. The van der Waals surface area contributed by atoms with Crippen molar-refractivity contribution in [1.82, 2.24) is 20.1 Å². The van der Waals surface area contributed by atoms with E-state index in [0.29, 0.717) is 36.2 Å². The molecule has 160 valence electrons.